The summed E-state index contributed by atoms with van der Waals surface area (Å²) in [6.07, 6.45) is 3.04. The summed E-state index contributed by atoms with van der Waals surface area (Å²) in [5.74, 6) is 0. The van der Waals surface area contributed by atoms with Crippen molar-refractivity contribution in [1.82, 2.24) is 4.31 Å². The fraction of sp³-hybridized carbons (Fsp3) is 1.00. The minimum absolute atomic E-state index is 0.129. The molecule has 1 fully saturated rings. The second-order valence-electron chi connectivity index (χ2n) is 3.20. The fourth-order valence-corrected chi connectivity index (χ4v) is 2.46. The largest absolute Gasteiger partial charge is 0.277 e. The van der Waals surface area contributed by atoms with Crippen LogP contribution in [0, 0.1) is 0 Å². The molecule has 0 amide bonds. The standard InChI is InChI=1S/C7H14FNOS/c1-6-4-3-5-7(2)9(6)11(8)10/h6-7H,3-5H2,1-2H3. The minimum Gasteiger partial charge on any atom is -0.207 e. The lowest BCUT2D eigenvalue weighted by molar-refractivity contribution is 0.207. The average molecular weight is 179 g/mol. The Bertz CT molecular complexity index is 155. The zero-order valence-electron chi connectivity index (χ0n) is 6.92. The fourth-order valence-electron chi connectivity index (χ4n) is 1.68. The van der Waals surface area contributed by atoms with Gasteiger partial charge in [-0.1, -0.05) is 6.42 Å². The van der Waals surface area contributed by atoms with Crippen molar-refractivity contribution in [3.63, 3.8) is 0 Å². The Hall–Kier alpha value is 0.0400. The maximum absolute atomic E-state index is 12.5. The van der Waals surface area contributed by atoms with Gasteiger partial charge in [-0.3, -0.25) is 0 Å². The van der Waals surface area contributed by atoms with Gasteiger partial charge in [0, 0.05) is 12.1 Å². The van der Waals surface area contributed by atoms with E-state index in [9.17, 15) is 8.09 Å². The molecule has 1 heterocycles. The summed E-state index contributed by atoms with van der Waals surface area (Å²) in [4.78, 5) is 0. The van der Waals surface area contributed by atoms with Gasteiger partial charge in [-0.15, -0.1) is 3.89 Å². The lowest BCUT2D eigenvalue weighted by Gasteiger charge is -2.34. The summed E-state index contributed by atoms with van der Waals surface area (Å²) in [6.45, 7) is 3.85. The molecule has 1 aliphatic rings. The van der Waals surface area contributed by atoms with E-state index in [-0.39, 0.29) is 12.1 Å². The van der Waals surface area contributed by atoms with Crippen LogP contribution in [0.2, 0.25) is 0 Å². The summed E-state index contributed by atoms with van der Waals surface area (Å²) in [7, 11) is 0. The van der Waals surface area contributed by atoms with Crippen LogP contribution in [0.3, 0.4) is 0 Å². The van der Waals surface area contributed by atoms with Crippen molar-refractivity contribution in [3.05, 3.63) is 0 Å². The molecule has 3 unspecified atom stereocenters. The van der Waals surface area contributed by atoms with E-state index >= 15 is 0 Å². The van der Waals surface area contributed by atoms with Crippen molar-refractivity contribution in [1.29, 1.82) is 0 Å². The van der Waals surface area contributed by atoms with Gasteiger partial charge >= 0.3 is 0 Å². The van der Waals surface area contributed by atoms with Crippen molar-refractivity contribution >= 4 is 11.4 Å². The topological polar surface area (TPSA) is 20.3 Å². The van der Waals surface area contributed by atoms with Gasteiger partial charge in [-0.25, -0.2) is 4.21 Å². The molecular weight excluding hydrogens is 165 g/mol. The third kappa shape index (κ3) is 1.99. The van der Waals surface area contributed by atoms with Crippen LogP contribution in [0.1, 0.15) is 33.1 Å². The van der Waals surface area contributed by atoms with Crippen LogP contribution >= 0.6 is 0 Å². The van der Waals surface area contributed by atoms with Gasteiger partial charge in [0.2, 0.25) is 0 Å². The number of nitrogens with zero attached hydrogens (tertiary/aromatic N) is 1. The molecule has 11 heavy (non-hydrogen) atoms. The maximum Gasteiger partial charge on any atom is 0.277 e. The van der Waals surface area contributed by atoms with E-state index in [4.69, 9.17) is 0 Å². The molecule has 1 saturated heterocycles. The molecule has 0 aliphatic carbocycles. The lowest BCUT2D eigenvalue weighted by atomic mass is 10.0. The first-order chi connectivity index (χ1) is 5.13. The van der Waals surface area contributed by atoms with Crippen molar-refractivity contribution in [3.8, 4) is 0 Å². The van der Waals surface area contributed by atoms with Crippen molar-refractivity contribution in [2.75, 3.05) is 0 Å². The predicted molar refractivity (Wildman–Crippen MR) is 43.9 cm³/mol. The molecule has 0 radical (unpaired) electrons. The van der Waals surface area contributed by atoms with Crippen LogP contribution < -0.4 is 0 Å². The zero-order chi connectivity index (χ0) is 8.43. The molecule has 3 atom stereocenters. The van der Waals surface area contributed by atoms with Crippen molar-refractivity contribution in [2.45, 2.75) is 45.2 Å². The van der Waals surface area contributed by atoms with Gasteiger partial charge in [0.15, 0.2) is 0 Å². The van der Waals surface area contributed by atoms with Crippen LogP contribution in [-0.2, 0) is 11.4 Å². The molecule has 0 spiro atoms. The normalized spacial score (nSPS) is 37.0. The summed E-state index contributed by atoms with van der Waals surface area (Å²) < 4.78 is 24.5. The lowest BCUT2D eigenvalue weighted by Crippen LogP contribution is -2.43. The molecule has 0 aromatic rings. The van der Waals surface area contributed by atoms with E-state index in [0.717, 1.165) is 19.3 Å². The number of hydrogen-bond donors (Lipinski definition) is 0. The summed E-state index contributed by atoms with van der Waals surface area (Å²) in [5, 5.41) is 0. The molecule has 0 N–H and O–H groups in total. The van der Waals surface area contributed by atoms with Gasteiger partial charge in [-0.2, -0.15) is 4.31 Å². The van der Waals surface area contributed by atoms with E-state index in [1.165, 1.54) is 4.31 Å². The van der Waals surface area contributed by atoms with Crippen LogP contribution in [0.15, 0.2) is 0 Å². The van der Waals surface area contributed by atoms with Crippen LogP contribution in [0.25, 0.3) is 0 Å². The quantitative estimate of drug-likeness (QED) is 0.562. The molecular formula is C7H14FNOS. The molecule has 66 valence electrons. The third-order valence-corrected chi connectivity index (χ3v) is 3.33. The van der Waals surface area contributed by atoms with Crippen LogP contribution in [0.5, 0.6) is 0 Å². The maximum atomic E-state index is 12.5. The summed E-state index contributed by atoms with van der Waals surface area (Å²) in [6, 6.07) is 0.258. The molecule has 0 aromatic heterocycles. The zero-order valence-corrected chi connectivity index (χ0v) is 7.73. The first-order valence-corrected chi connectivity index (χ1v) is 5.00. The van der Waals surface area contributed by atoms with E-state index in [2.05, 4.69) is 0 Å². The predicted octanol–water partition coefficient (Wildman–Crippen LogP) is 1.80. The monoisotopic (exact) mass is 179 g/mol. The summed E-state index contributed by atoms with van der Waals surface area (Å²) in [5.41, 5.74) is 0. The first-order valence-electron chi connectivity index (χ1n) is 3.99. The first kappa shape index (κ1) is 9.13. The Labute approximate surface area is 69.7 Å². The Morgan fingerprint density at radius 2 is 1.82 bits per heavy atom. The van der Waals surface area contributed by atoms with E-state index < -0.39 is 11.4 Å². The number of rotatable bonds is 1. The van der Waals surface area contributed by atoms with Crippen molar-refractivity contribution < 1.29 is 8.09 Å². The smallest absolute Gasteiger partial charge is 0.207 e. The number of hydrogen-bond acceptors (Lipinski definition) is 1. The molecule has 0 aromatic carbocycles. The molecule has 4 heteroatoms. The molecule has 1 aliphatic heterocycles. The van der Waals surface area contributed by atoms with E-state index in [0.29, 0.717) is 0 Å². The minimum atomic E-state index is -2.28. The second kappa shape index (κ2) is 3.63. The Balaban J connectivity index is 2.62. The van der Waals surface area contributed by atoms with Crippen LogP contribution in [-0.4, -0.2) is 20.6 Å². The van der Waals surface area contributed by atoms with Crippen LogP contribution in [0.4, 0.5) is 3.89 Å². The Morgan fingerprint density at radius 1 is 1.36 bits per heavy atom. The van der Waals surface area contributed by atoms with E-state index in [1.807, 2.05) is 13.8 Å². The highest BCUT2D eigenvalue weighted by atomic mass is 32.2. The molecule has 2 nitrogen and oxygen atoms in total. The Morgan fingerprint density at radius 3 is 2.09 bits per heavy atom. The van der Waals surface area contributed by atoms with Gasteiger partial charge < -0.3 is 0 Å². The molecule has 1 rings (SSSR count). The molecule has 0 bridgehead atoms. The molecule has 0 saturated carbocycles. The van der Waals surface area contributed by atoms with Gasteiger partial charge in [-0.05, 0) is 26.7 Å². The highest BCUT2D eigenvalue weighted by Crippen LogP contribution is 2.24. The second-order valence-corrected chi connectivity index (χ2v) is 4.03. The SMILES string of the molecule is CC1CCCC(C)N1S(=O)F. The van der Waals surface area contributed by atoms with Gasteiger partial charge in [0.1, 0.15) is 0 Å². The van der Waals surface area contributed by atoms with Gasteiger partial charge in [0.25, 0.3) is 11.4 Å². The summed E-state index contributed by atoms with van der Waals surface area (Å²) >= 11 is -2.28. The third-order valence-electron chi connectivity index (χ3n) is 2.28. The number of halogens is 1. The van der Waals surface area contributed by atoms with E-state index in [1.54, 1.807) is 0 Å². The Kier molecular flexibility index (Phi) is 3.01. The highest BCUT2D eigenvalue weighted by Gasteiger charge is 2.29. The van der Waals surface area contributed by atoms with Gasteiger partial charge in [0.05, 0.1) is 0 Å². The number of piperidine rings is 1. The average Bonchev–Trinajstić information content (AvgIpc) is 1.85. The van der Waals surface area contributed by atoms with Crippen molar-refractivity contribution in [2.24, 2.45) is 0 Å². The highest BCUT2D eigenvalue weighted by molar-refractivity contribution is 7.77.